The topological polar surface area (TPSA) is 111 Å². The minimum absolute atomic E-state index is 0.231. The highest BCUT2D eigenvalue weighted by Gasteiger charge is 2.26. The zero-order valence-electron chi connectivity index (χ0n) is 12.1. The average molecular weight is 323 g/mol. The second-order valence-electron chi connectivity index (χ2n) is 5.57. The molecule has 0 amide bonds. The van der Waals surface area contributed by atoms with Crippen LogP contribution in [0.4, 0.5) is 0 Å². The van der Waals surface area contributed by atoms with Crippen LogP contribution in [0.3, 0.4) is 0 Å². The molecule has 1 N–H and O–H groups in total. The van der Waals surface area contributed by atoms with E-state index in [-0.39, 0.29) is 11.1 Å². The molecule has 1 atom stereocenters. The highest BCUT2D eigenvalue weighted by molar-refractivity contribution is 7.90. The van der Waals surface area contributed by atoms with Crippen molar-refractivity contribution in [3.05, 3.63) is 24.3 Å². The van der Waals surface area contributed by atoms with Gasteiger partial charge in [-0.3, -0.25) is 0 Å². The lowest BCUT2D eigenvalue weighted by Gasteiger charge is -2.14. The van der Waals surface area contributed by atoms with E-state index in [9.17, 15) is 13.5 Å². The van der Waals surface area contributed by atoms with Crippen molar-refractivity contribution in [1.29, 1.82) is 0 Å². The van der Waals surface area contributed by atoms with Crippen LogP contribution in [-0.4, -0.2) is 44.7 Å². The Morgan fingerprint density at radius 2 is 1.91 bits per heavy atom. The van der Waals surface area contributed by atoms with Crippen molar-refractivity contribution in [3.63, 3.8) is 0 Å². The van der Waals surface area contributed by atoms with Crippen molar-refractivity contribution in [2.24, 2.45) is 5.92 Å². The third-order valence-corrected chi connectivity index (χ3v) is 4.75. The first kappa shape index (κ1) is 15.0. The Morgan fingerprint density at radius 3 is 2.50 bits per heavy atom. The molecule has 0 aromatic carbocycles. The van der Waals surface area contributed by atoms with Crippen LogP contribution in [0.5, 0.6) is 0 Å². The first-order chi connectivity index (χ1) is 10.4. The van der Waals surface area contributed by atoms with E-state index in [0.717, 1.165) is 31.9 Å². The van der Waals surface area contributed by atoms with Gasteiger partial charge in [0.25, 0.3) is 0 Å². The molecule has 9 heteroatoms. The Labute approximate surface area is 128 Å². The van der Waals surface area contributed by atoms with E-state index in [4.69, 9.17) is 0 Å². The maximum Gasteiger partial charge on any atom is 0.246 e. The molecule has 22 heavy (non-hydrogen) atoms. The number of aromatic nitrogens is 5. The summed E-state index contributed by atoms with van der Waals surface area (Å²) in [4.78, 5) is 7.62. The van der Waals surface area contributed by atoms with Gasteiger partial charge >= 0.3 is 0 Å². The summed E-state index contributed by atoms with van der Waals surface area (Å²) in [6.07, 6.45) is 9.06. The zero-order valence-corrected chi connectivity index (χ0v) is 12.9. The van der Waals surface area contributed by atoms with Crippen molar-refractivity contribution in [3.8, 4) is 5.69 Å². The molecule has 2 aromatic rings. The minimum Gasteiger partial charge on any atom is -0.386 e. The van der Waals surface area contributed by atoms with Crippen LogP contribution < -0.4 is 0 Å². The predicted molar refractivity (Wildman–Crippen MR) is 77.0 cm³/mol. The zero-order chi connectivity index (χ0) is 15.7. The van der Waals surface area contributed by atoms with E-state index in [2.05, 4.69) is 20.3 Å². The van der Waals surface area contributed by atoms with E-state index in [1.807, 2.05) is 0 Å². The lowest BCUT2D eigenvalue weighted by atomic mass is 9.99. The molecular formula is C13H17N5O3S. The Kier molecular flexibility index (Phi) is 3.92. The summed E-state index contributed by atoms with van der Waals surface area (Å²) in [5, 5.41) is 18.0. The molecule has 0 bridgehead atoms. The first-order valence-electron chi connectivity index (χ1n) is 7.08. The van der Waals surface area contributed by atoms with E-state index in [1.165, 1.54) is 17.1 Å². The highest BCUT2D eigenvalue weighted by Crippen LogP contribution is 2.34. The van der Waals surface area contributed by atoms with Crippen molar-refractivity contribution >= 4 is 9.84 Å². The van der Waals surface area contributed by atoms with Gasteiger partial charge in [-0.05, 0) is 18.8 Å². The van der Waals surface area contributed by atoms with Gasteiger partial charge < -0.3 is 5.11 Å². The number of sulfone groups is 1. The maximum absolute atomic E-state index is 11.3. The number of hydrogen-bond donors (Lipinski definition) is 1. The molecule has 0 spiro atoms. The van der Waals surface area contributed by atoms with Crippen LogP contribution in [0.25, 0.3) is 5.69 Å². The van der Waals surface area contributed by atoms with Gasteiger partial charge in [0.2, 0.25) is 15.0 Å². The second kappa shape index (κ2) is 5.73. The first-order valence-corrected chi connectivity index (χ1v) is 8.97. The number of hydrogen-bond acceptors (Lipinski definition) is 7. The summed E-state index contributed by atoms with van der Waals surface area (Å²) in [6.45, 7) is 0. The number of nitrogens with zero attached hydrogens (tertiary/aromatic N) is 5. The standard InChI is InChI=1S/C13H17N5O3S/c1-22(20,21)13-14-6-10(7-15-13)18-8-11(16-17-18)12(19)9-4-2-3-5-9/h6-9,12,19H,2-5H2,1H3. The summed E-state index contributed by atoms with van der Waals surface area (Å²) < 4.78 is 24.1. The fourth-order valence-electron chi connectivity index (χ4n) is 2.67. The quantitative estimate of drug-likeness (QED) is 0.824. The third-order valence-electron chi connectivity index (χ3n) is 3.87. The fraction of sp³-hybridized carbons (Fsp3) is 0.538. The molecule has 1 fully saturated rings. The SMILES string of the molecule is CS(=O)(=O)c1ncc(-n2cc(C(O)C3CCCC3)nn2)cn1. The summed E-state index contributed by atoms with van der Waals surface area (Å²) in [5.74, 6) is 0.231. The smallest absolute Gasteiger partial charge is 0.246 e. The van der Waals surface area contributed by atoms with Crippen LogP contribution in [0.1, 0.15) is 37.5 Å². The van der Waals surface area contributed by atoms with Crippen LogP contribution in [0.15, 0.2) is 23.7 Å². The Bertz CT molecular complexity index is 750. The van der Waals surface area contributed by atoms with Gasteiger partial charge in [0.1, 0.15) is 17.5 Å². The minimum atomic E-state index is -3.43. The van der Waals surface area contributed by atoms with Gasteiger partial charge in [-0.15, -0.1) is 5.10 Å². The average Bonchev–Trinajstić information content (AvgIpc) is 3.17. The van der Waals surface area contributed by atoms with Gasteiger partial charge in [0.05, 0.1) is 18.6 Å². The van der Waals surface area contributed by atoms with Gasteiger partial charge in [-0.1, -0.05) is 18.1 Å². The molecule has 1 aliphatic carbocycles. The normalized spacial score (nSPS) is 17.7. The molecule has 1 unspecified atom stereocenters. The van der Waals surface area contributed by atoms with Crippen molar-refractivity contribution < 1.29 is 13.5 Å². The van der Waals surface area contributed by atoms with Gasteiger partial charge in [-0.2, -0.15) is 0 Å². The molecule has 1 saturated carbocycles. The molecule has 118 valence electrons. The van der Waals surface area contributed by atoms with Crippen LogP contribution >= 0.6 is 0 Å². The monoisotopic (exact) mass is 323 g/mol. The van der Waals surface area contributed by atoms with Gasteiger partial charge in [0.15, 0.2) is 0 Å². The second-order valence-corrected chi connectivity index (χ2v) is 7.48. The Hall–Kier alpha value is -1.87. The van der Waals surface area contributed by atoms with E-state index in [0.29, 0.717) is 11.4 Å². The Morgan fingerprint density at radius 1 is 1.27 bits per heavy atom. The van der Waals surface area contributed by atoms with Crippen LogP contribution in [0, 0.1) is 5.92 Å². The molecule has 0 aliphatic heterocycles. The van der Waals surface area contributed by atoms with Gasteiger partial charge in [0, 0.05) is 6.26 Å². The summed E-state index contributed by atoms with van der Waals surface area (Å²) in [7, 11) is -3.43. The molecule has 2 heterocycles. The molecule has 2 aromatic heterocycles. The fourth-order valence-corrected chi connectivity index (χ4v) is 3.16. The Balaban J connectivity index is 1.81. The van der Waals surface area contributed by atoms with Crippen molar-refractivity contribution in [2.45, 2.75) is 36.9 Å². The van der Waals surface area contributed by atoms with E-state index in [1.54, 1.807) is 6.20 Å². The van der Waals surface area contributed by atoms with Gasteiger partial charge in [-0.25, -0.2) is 23.1 Å². The summed E-state index contributed by atoms with van der Waals surface area (Å²) in [5.41, 5.74) is 1.00. The number of rotatable bonds is 4. The lowest BCUT2D eigenvalue weighted by molar-refractivity contribution is 0.107. The molecular weight excluding hydrogens is 306 g/mol. The highest BCUT2D eigenvalue weighted by atomic mass is 32.2. The van der Waals surface area contributed by atoms with Crippen LogP contribution in [0.2, 0.25) is 0 Å². The summed E-state index contributed by atoms with van der Waals surface area (Å²) in [6, 6.07) is 0. The maximum atomic E-state index is 11.3. The van der Waals surface area contributed by atoms with E-state index < -0.39 is 15.9 Å². The van der Waals surface area contributed by atoms with Crippen molar-refractivity contribution in [1.82, 2.24) is 25.0 Å². The predicted octanol–water partition coefficient (Wildman–Crippen LogP) is 0.684. The summed E-state index contributed by atoms with van der Waals surface area (Å²) >= 11 is 0. The van der Waals surface area contributed by atoms with Crippen LogP contribution in [-0.2, 0) is 9.84 Å². The molecule has 3 rings (SSSR count). The number of aliphatic hydroxyl groups excluding tert-OH is 1. The lowest BCUT2D eigenvalue weighted by Crippen LogP contribution is -2.09. The molecule has 0 radical (unpaired) electrons. The molecule has 0 saturated heterocycles. The largest absolute Gasteiger partial charge is 0.386 e. The molecule has 8 nitrogen and oxygen atoms in total. The van der Waals surface area contributed by atoms with E-state index >= 15 is 0 Å². The number of aliphatic hydroxyl groups is 1. The molecule has 1 aliphatic rings. The third kappa shape index (κ3) is 3.00. The van der Waals surface area contributed by atoms with Crippen molar-refractivity contribution in [2.75, 3.05) is 6.26 Å².